The average Bonchev–Trinajstić information content (AvgIpc) is 2.82. The van der Waals surface area contributed by atoms with E-state index in [9.17, 15) is 0 Å². The van der Waals surface area contributed by atoms with Gasteiger partial charge >= 0.3 is 0 Å². The van der Waals surface area contributed by atoms with Gasteiger partial charge in [-0.15, -0.1) is 11.3 Å². The van der Waals surface area contributed by atoms with Crippen LogP contribution in [0.2, 0.25) is 0 Å². The average molecular weight is 303 g/mol. The summed E-state index contributed by atoms with van der Waals surface area (Å²) in [6.07, 6.45) is 0. The molecule has 3 nitrogen and oxygen atoms in total. The highest BCUT2D eigenvalue weighted by atomic mass is 32.1. The highest BCUT2D eigenvalue weighted by Gasteiger charge is 2.12. The van der Waals surface area contributed by atoms with E-state index in [0.29, 0.717) is 0 Å². The number of thiazole rings is 1. The van der Waals surface area contributed by atoms with Crippen molar-refractivity contribution in [2.45, 2.75) is 46.7 Å². The van der Waals surface area contributed by atoms with Gasteiger partial charge in [0.25, 0.3) is 0 Å². The van der Waals surface area contributed by atoms with E-state index in [2.05, 4.69) is 75.5 Å². The Balaban J connectivity index is 2.13. The number of hydrogen-bond donors (Lipinski definition) is 1. The molecule has 1 aromatic heterocycles. The normalized spacial score (nSPS) is 11.7. The molecule has 0 amide bonds. The Bertz CT molecular complexity index is 590. The second kappa shape index (κ2) is 6.16. The molecule has 1 heterocycles. The summed E-state index contributed by atoms with van der Waals surface area (Å²) < 4.78 is 0. The van der Waals surface area contributed by atoms with Crippen LogP contribution in [0.25, 0.3) is 0 Å². The van der Waals surface area contributed by atoms with Crippen LogP contribution in [0.4, 0.5) is 10.8 Å². The minimum atomic E-state index is 0.114. The summed E-state index contributed by atoms with van der Waals surface area (Å²) >= 11 is 1.69. The van der Waals surface area contributed by atoms with E-state index in [0.717, 1.165) is 17.4 Å². The Labute approximate surface area is 132 Å². The zero-order chi connectivity index (χ0) is 15.6. The van der Waals surface area contributed by atoms with Crippen LogP contribution in [0.15, 0.2) is 23.6 Å². The first-order valence-corrected chi connectivity index (χ1v) is 8.14. The molecule has 0 spiro atoms. The fraction of sp³-hybridized carbons (Fsp3) is 0.471. The van der Waals surface area contributed by atoms with Crippen molar-refractivity contribution in [3.05, 3.63) is 40.4 Å². The summed E-state index contributed by atoms with van der Waals surface area (Å²) in [6, 6.07) is 6.58. The third kappa shape index (κ3) is 4.55. The number of benzene rings is 1. The van der Waals surface area contributed by atoms with Gasteiger partial charge in [0.2, 0.25) is 0 Å². The molecule has 21 heavy (non-hydrogen) atoms. The third-order valence-corrected chi connectivity index (χ3v) is 4.19. The fourth-order valence-electron chi connectivity index (χ4n) is 2.14. The number of hydrogen-bond acceptors (Lipinski definition) is 4. The molecular formula is C17H25N3S. The van der Waals surface area contributed by atoms with E-state index >= 15 is 0 Å². The summed E-state index contributed by atoms with van der Waals surface area (Å²) in [7, 11) is 2.08. The standard InChI is InChI=1S/C17H25N3S/c1-12-7-13(2)9-15(8-12)20(6)16-19-14(11-21-16)10-18-17(3,4)5/h7-9,11,18H,10H2,1-6H3. The third-order valence-electron chi connectivity index (χ3n) is 3.22. The van der Waals surface area contributed by atoms with E-state index < -0.39 is 0 Å². The number of aromatic nitrogens is 1. The largest absolute Gasteiger partial charge is 0.321 e. The quantitative estimate of drug-likeness (QED) is 0.906. The molecule has 0 saturated heterocycles. The highest BCUT2D eigenvalue weighted by molar-refractivity contribution is 7.13. The van der Waals surface area contributed by atoms with Gasteiger partial charge in [0.15, 0.2) is 5.13 Å². The van der Waals surface area contributed by atoms with Crippen LogP contribution in [-0.4, -0.2) is 17.6 Å². The molecule has 0 atom stereocenters. The highest BCUT2D eigenvalue weighted by Crippen LogP contribution is 2.28. The molecule has 0 aliphatic carbocycles. The Hall–Kier alpha value is -1.39. The molecule has 4 heteroatoms. The second-order valence-corrected chi connectivity index (χ2v) is 7.47. The molecule has 0 saturated carbocycles. The monoisotopic (exact) mass is 303 g/mol. The van der Waals surface area contributed by atoms with Gasteiger partial charge in [-0.2, -0.15) is 0 Å². The number of rotatable bonds is 4. The first-order valence-electron chi connectivity index (χ1n) is 7.26. The molecule has 0 aliphatic rings. The summed E-state index contributed by atoms with van der Waals surface area (Å²) in [5, 5.41) is 6.64. The van der Waals surface area contributed by atoms with Gasteiger partial charge in [0, 0.05) is 30.2 Å². The van der Waals surface area contributed by atoms with E-state index in [1.807, 2.05) is 0 Å². The van der Waals surface area contributed by atoms with E-state index in [-0.39, 0.29) is 5.54 Å². The Morgan fingerprint density at radius 1 is 1.14 bits per heavy atom. The van der Waals surface area contributed by atoms with Gasteiger partial charge in [0.1, 0.15) is 0 Å². The Morgan fingerprint density at radius 3 is 2.33 bits per heavy atom. The van der Waals surface area contributed by atoms with Crippen molar-refractivity contribution in [3.63, 3.8) is 0 Å². The number of nitrogens with one attached hydrogen (secondary N) is 1. The van der Waals surface area contributed by atoms with Gasteiger partial charge in [-0.25, -0.2) is 4.98 Å². The van der Waals surface area contributed by atoms with Crippen molar-refractivity contribution >= 4 is 22.2 Å². The molecule has 2 aromatic rings. The van der Waals surface area contributed by atoms with Crippen LogP contribution in [0.5, 0.6) is 0 Å². The number of anilines is 2. The lowest BCUT2D eigenvalue weighted by molar-refractivity contribution is 0.422. The van der Waals surface area contributed by atoms with Crippen molar-refractivity contribution in [1.29, 1.82) is 0 Å². The maximum Gasteiger partial charge on any atom is 0.189 e. The summed E-state index contributed by atoms with van der Waals surface area (Å²) in [4.78, 5) is 6.89. The SMILES string of the molecule is Cc1cc(C)cc(N(C)c2nc(CNC(C)(C)C)cs2)c1. The van der Waals surface area contributed by atoms with Crippen LogP contribution >= 0.6 is 11.3 Å². The molecule has 0 fully saturated rings. The van der Waals surface area contributed by atoms with E-state index in [1.165, 1.54) is 16.8 Å². The molecule has 0 radical (unpaired) electrons. The van der Waals surface area contributed by atoms with Crippen molar-refractivity contribution in [1.82, 2.24) is 10.3 Å². The van der Waals surface area contributed by atoms with Gasteiger partial charge in [-0.1, -0.05) is 6.07 Å². The number of nitrogens with zero attached hydrogens (tertiary/aromatic N) is 2. The minimum Gasteiger partial charge on any atom is -0.321 e. The molecule has 0 aliphatic heterocycles. The smallest absolute Gasteiger partial charge is 0.189 e. The molecule has 2 rings (SSSR count). The molecule has 1 aromatic carbocycles. The summed E-state index contributed by atoms with van der Waals surface area (Å²) in [6.45, 7) is 11.6. The summed E-state index contributed by atoms with van der Waals surface area (Å²) in [5.41, 5.74) is 4.97. The molecule has 0 bridgehead atoms. The Kier molecular flexibility index (Phi) is 4.69. The second-order valence-electron chi connectivity index (χ2n) is 6.63. The van der Waals surface area contributed by atoms with Crippen LogP contribution in [0.1, 0.15) is 37.6 Å². The Morgan fingerprint density at radius 2 is 1.76 bits per heavy atom. The lowest BCUT2D eigenvalue weighted by Gasteiger charge is -2.20. The van der Waals surface area contributed by atoms with E-state index in [1.54, 1.807) is 11.3 Å². The van der Waals surface area contributed by atoms with Crippen molar-refractivity contribution in [2.75, 3.05) is 11.9 Å². The van der Waals surface area contributed by atoms with Crippen molar-refractivity contribution in [2.24, 2.45) is 0 Å². The fourth-order valence-corrected chi connectivity index (χ4v) is 2.95. The first kappa shape index (κ1) is 16.0. The van der Waals surface area contributed by atoms with Crippen molar-refractivity contribution in [3.8, 4) is 0 Å². The molecule has 114 valence electrons. The topological polar surface area (TPSA) is 28.2 Å². The molecule has 1 N–H and O–H groups in total. The maximum absolute atomic E-state index is 4.73. The maximum atomic E-state index is 4.73. The van der Waals surface area contributed by atoms with Crippen LogP contribution in [-0.2, 0) is 6.54 Å². The van der Waals surface area contributed by atoms with Gasteiger partial charge < -0.3 is 10.2 Å². The van der Waals surface area contributed by atoms with Gasteiger partial charge in [-0.3, -0.25) is 0 Å². The zero-order valence-corrected chi connectivity index (χ0v) is 14.6. The van der Waals surface area contributed by atoms with Crippen LogP contribution in [0, 0.1) is 13.8 Å². The van der Waals surface area contributed by atoms with E-state index in [4.69, 9.17) is 4.98 Å². The lowest BCUT2D eigenvalue weighted by Crippen LogP contribution is -2.35. The molecular weight excluding hydrogens is 278 g/mol. The predicted octanol–water partition coefficient (Wildman–Crippen LogP) is 4.42. The van der Waals surface area contributed by atoms with Gasteiger partial charge in [-0.05, 0) is 57.9 Å². The minimum absolute atomic E-state index is 0.114. The van der Waals surface area contributed by atoms with Crippen molar-refractivity contribution < 1.29 is 0 Å². The zero-order valence-electron chi connectivity index (χ0n) is 13.8. The van der Waals surface area contributed by atoms with Crippen LogP contribution in [0.3, 0.4) is 0 Å². The predicted molar refractivity (Wildman–Crippen MR) is 92.7 cm³/mol. The number of aryl methyl sites for hydroxylation is 2. The van der Waals surface area contributed by atoms with Gasteiger partial charge in [0.05, 0.1) is 5.69 Å². The van der Waals surface area contributed by atoms with Crippen LogP contribution < -0.4 is 10.2 Å². The summed E-state index contributed by atoms with van der Waals surface area (Å²) in [5.74, 6) is 0. The molecule has 0 unspecified atom stereocenters. The lowest BCUT2D eigenvalue weighted by atomic mass is 10.1. The first-order chi connectivity index (χ1) is 9.74.